The van der Waals surface area contributed by atoms with Crippen molar-refractivity contribution in [1.29, 1.82) is 0 Å². The first-order valence-electron chi connectivity index (χ1n) is 15.7. The quantitative estimate of drug-likeness (QED) is 0.0625. The standard InChI is InChI=1S/C34H38N6O9/c1-5-6-14-30(41)38(31(22(2)3)33(42)43)20-24-15-17-26(18-16-24)28-12-7-8-13-29(28)32-35-37-39(36-32)23(4)48-34(44)49-27-11-9-10-25(19-27)21-47-40(45)46/h7-13,15-19,22-23,31H,5-6,14,20-21H2,1-4H3,(H,42,43)/t23?,31-/m1/s1. The topological polar surface area (TPSA) is 189 Å². The van der Waals surface area contributed by atoms with Crippen molar-refractivity contribution >= 4 is 18.0 Å². The third-order valence-corrected chi connectivity index (χ3v) is 7.53. The van der Waals surface area contributed by atoms with Crippen LogP contribution in [0.2, 0.25) is 0 Å². The molecule has 258 valence electrons. The molecule has 0 saturated heterocycles. The zero-order valence-corrected chi connectivity index (χ0v) is 27.6. The summed E-state index contributed by atoms with van der Waals surface area (Å²) in [7, 11) is 0. The van der Waals surface area contributed by atoms with Crippen molar-refractivity contribution < 1.29 is 38.9 Å². The third kappa shape index (κ3) is 9.82. The third-order valence-electron chi connectivity index (χ3n) is 7.53. The summed E-state index contributed by atoms with van der Waals surface area (Å²) in [4.78, 5) is 55.0. The van der Waals surface area contributed by atoms with Crippen molar-refractivity contribution in [2.45, 2.75) is 72.4 Å². The van der Waals surface area contributed by atoms with Gasteiger partial charge in [0.2, 0.25) is 18.0 Å². The summed E-state index contributed by atoms with van der Waals surface area (Å²) in [6.07, 6.45) is -0.244. The van der Waals surface area contributed by atoms with Gasteiger partial charge in [-0.15, -0.1) is 25.1 Å². The second kappa shape index (κ2) is 16.8. The first kappa shape index (κ1) is 36.0. The molecule has 0 spiro atoms. The second-order valence-corrected chi connectivity index (χ2v) is 11.5. The maximum Gasteiger partial charge on any atom is 0.515 e. The molecule has 0 aliphatic rings. The van der Waals surface area contributed by atoms with Crippen molar-refractivity contribution in [3.8, 4) is 28.3 Å². The highest BCUT2D eigenvalue weighted by Gasteiger charge is 2.32. The first-order chi connectivity index (χ1) is 23.5. The summed E-state index contributed by atoms with van der Waals surface area (Å²) in [6.45, 7) is 6.96. The summed E-state index contributed by atoms with van der Waals surface area (Å²) >= 11 is 0. The summed E-state index contributed by atoms with van der Waals surface area (Å²) in [6, 6.07) is 20.0. The maximum absolute atomic E-state index is 13.1. The number of hydrogen-bond acceptors (Lipinski definition) is 11. The van der Waals surface area contributed by atoms with Crippen LogP contribution in [0.3, 0.4) is 0 Å². The molecule has 1 aromatic heterocycles. The van der Waals surface area contributed by atoms with Crippen LogP contribution >= 0.6 is 0 Å². The van der Waals surface area contributed by atoms with E-state index in [1.807, 2.05) is 55.5 Å². The van der Waals surface area contributed by atoms with Gasteiger partial charge in [-0.1, -0.05) is 87.9 Å². The van der Waals surface area contributed by atoms with E-state index < -0.39 is 29.5 Å². The number of aliphatic carboxylic acids is 1. The SMILES string of the molecule is CCCCC(=O)N(Cc1ccc(-c2ccccc2-c2nnn(C(C)OC(=O)Oc3cccc(CO[N+](=O)[O-])c3)n2)cc1)[C@@H](C(=O)O)C(C)C. The zero-order chi connectivity index (χ0) is 35.5. The molecule has 3 aromatic carbocycles. The minimum absolute atomic E-state index is 0.103. The van der Waals surface area contributed by atoms with E-state index in [4.69, 9.17) is 9.47 Å². The average molecular weight is 675 g/mol. The van der Waals surface area contributed by atoms with Crippen LogP contribution in [0.25, 0.3) is 22.5 Å². The molecule has 1 unspecified atom stereocenters. The van der Waals surface area contributed by atoms with Gasteiger partial charge in [0.05, 0.1) is 0 Å². The Labute approximate surface area is 282 Å². The lowest BCUT2D eigenvalue weighted by atomic mass is 9.97. The Hall–Kier alpha value is -5.86. The number of aromatic nitrogens is 4. The van der Waals surface area contributed by atoms with Gasteiger partial charge in [-0.2, -0.15) is 0 Å². The van der Waals surface area contributed by atoms with Gasteiger partial charge < -0.3 is 24.3 Å². The van der Waals surface area contributed by atoms with E-state index >= 15 is 0 Å². The molecular weight excluding hydrogens is 636 g/mol. The monoisotopic (exact) mass is 674 g/mol. The number of nitrogens with zero attached hydrogens (tertiary/aromatic N) is 6. The summed E-state index contributed by atoms with van der Waals surface area (Å²) < 4.78 is 10.5. The molecule has 1 heterocycles. The lowest BCUT2D eigenvalue weighted by molar-refractivity contribution is -0.763. The Bertz CT molecular complexity index is 1760. The van der Waals surface area contributed by atoms with Crippen molar-refractivity contribution in [2.24, 2.45) is 5.92 Å². The number of tetrazole rings is 1. The van der Waals surface area contributed by atoms with Crippen LogP contribution in [0.1, 0.15) is 64.3 Å². The van der Waals surface area contributed by atoms with Crippen LogP contribution in [0.4, 0.5) is 4.79 Å². The number of unbranched alkanes of at least 4 members (excludes halogenated alkanes) is 1. The molecule has 0 aliphatic carbocycles. The Morgan fingerprint density at radius 1 is 0.980 bits per heavy atom. The average Bonchev–Trinajstić information content (AvgIpc) is 3.57. The molecule has 15 nitrogen and oxygen atoms in total. The number of carbonyl (C=O) groups excluding carboxylic acids is 2. The van der Waals surface area contributed by atoms with Crippen LogP contribution in [0.5, 0.6) is 5.75 Å². The van der Waals surface area contributed by atoms with E-state index in [2.05, 4.69) is 20.2 Å². The minimum Gasteiger partial charge on any atom is -0.480 e. The molecule has 0 aliphatic heterocycles. The Kier molecular flexibility index (Phi) is 12.3. The summed E-state index contributed by atoms with van der Waals surface area (Å²) in [5.41, 5.74) is 3.49. The zero-order valence-electron chi connectivity index (χ0n) is 27.6. The van der Waals surface area contributed by atoms with Gasteiger partial charge >= 0.3 is 12.1 Å². The highest BCUT2D eigenvalue weighted by molar-refractivity contribution is 5.84. The van der Waals surface area contributed by atoms with Gasteiger partial charge in [-0.25, -0.2) is 9.59 Å². The lowest BCUT2D eigenvalue weighted by Crippen LogP contribution is -2.47. The molecule has 0 radical (unpaired) electrons. The molecule has 49 heavy (non-hydrogen) atoms. The molecule has 0 fully saturated rings. The molecule has 15 heteroatoms. The predicted octanol–water partition coefficient (Wildman–Crippen LogP) is 6.08. The Morgan fingerprint density at radius 2 is 1.69 bits per heavy atom. The minimum atomic E-state index is -1.05. The van der Waals surface area contributed by atoms with Gasteiger partial charge in [0.15, 0.2) is 0 Å². The number of hydrogen-bond donors (Lipinski definition) is 1. The number of carboxylic acid groups (broad SMARTS) is 1. The molecule has 2 atom stereocenters. The largest absolute Gasteiger partial charge is 0.515 e. The smallest absolute Gasteiger partial charge is 0.480 e. The van der Waals surface area contributed by atoms with Gasteiger partial charge in [0.25, 0.3) is 5.09 Å². The van der Waals surface area contributed by atoms with Crippen LogP contribution in [0.15, 0.2) is 72.8 Å². The summed E-state index contributed by atoms with van der Waals surface area (Å²) in [5, 5.41) is 32.1. The highest BCUT2D eigenvalue weighted by Crippen LogP contribution is 2.31. The van der Waals surface area contributed by atoms with E-state index in [0.717, 1.165) is 27.9 Å². The molecule has 1 amide bonds. The van der Waals surface area contributed by atoms with E-state index in [-0.39, 0.29) is 43.0 Å². The Morgan fingerprint density at radius 3 is 2.35 bits per heavy atom. The van der Waals surface area contributed by atoms with E-state index in [1.165, 1.54) is 24.0 Å². The first-order valence-corrected chi connectivity index (χ1v) is 15.7. The van der Waals surface area contributed by atoms with Crippen molar-refractivity contribution in [2.75, 3.05) is 0 Å². The highest BCUT2D eigenvalue weighted by atomic mass is 16.9. The van der Waals surface area contributed by atoms with Gasteiger partial charge in [-0.3, -0.25) is 4.79 Å². The van der Waals surface area contributed by atoms with Crippen LogP contribution in [0, 0.1) is 16.0 Å². The maximum atomic E-state index is 13.1. The van der Waals surface area contributed by atoms with Crippen LogP contribution < -0.4 is 4.74 Å². The van der Waals surface area contributed by atoms with Gasteiger partial charge in [0, 0.05) is 18.5 Å². The van der Waals surface area contributed by atoms with Crippen molar-refractivity contribution in [1.82, 2.24) is 25.1 Å². The normalized spacial score (nSPS) is 12.2. The van der Waals surface area contributed by atoms with Gasteiger partial charge in [0.1, 0.15) is 18.4 Å². The second-order valence-electron chi connectivity index (χ2n) is 11.5. The van der Waals surface area contributed by atoms with E-state index in [0.29, 0.717) is 17.5 Å². The van der Waals surface area contributed by atoms with E-state index in [1.54, 1.807) is 26.0 Å². The number of ether oxygens (including phenoxy) is 2. The number of carbonyl (C=O) groups is 3. The number of benzene rings is 3. The molecule has 4 aromatic rings. The van der Waals surface area contributed by atoms with E-state index in [9.17, 15) is 29.6 Å². The molecule has 4 rings (SSSR count). The van der Waals surface area contributed by atoms with Crippen LogP contribution in [-0.4, -0.2) is 59.4 Å². The molecule has 1 N–H and O–H groups in total. The lowest BCUT2D eigenvalue weighted by Gasteiger charge is -2.32. The molecule has 0 saturated carbocycles. The summed E-state index contributed by atoms with van der Waals surface area (Å²) in [5.74, 6) is -1.11. The number of rotatable bonds is 16. The fourth-order valence-corrected chi connectivity index (χ4v) is 5.13. The fraction of sp³-hybridized carbons (Fsp3) is 0.353. The fourth-order valence-electron chi connectivity index (χ4n) is 5.13. The van der Waals surface area contributed by atoms with Crippen molar-refractivity contribution in [3.63, 3.8) is 0 Å². The molecule has 0 bridgehead atoms. The van der Waals surface area contributed by atoms with Crippen LogP contribution in [-0.2, 0) is 32.3 Å². The van der Waals surface area contributed by atoms with Crippen molar-refractivity contribution in [3.05, 3.63) is 94.0 Å². The molecular formula is C34H38N6O9. The predicted molar refractivity (Wildman–Crippen MR) is 175 cm³/mol. The number of carboxylic acids is 1. The van der Waals surface area contributed by atoms with Gasteiger partial charge in [-0.05, 0) is 58.9 Å². The number of amides is 1. The Balaban J connectivity index is 1.47.